The van der Waals surface area contributed by atoms with Crippen LogP contribution in [0.5, 0.6) is 0 Å². The molecule has 1 aliphatic heterocycles. The molecule has 1 unspecified atom stereocenters. The summed E-state index contributed by atoms with van der Waals surface area (Å²) >= 11 is 0. The average Bonchev–Trinajstić information content (AvgIpc) is 1.99. The van der Waals surface area contributed by atoms with Gasteiger partial charge in [-0.3, -0.25) is 9.69 Å². The minimum absolute atomic E-state index is 0.0512. The molecule has 0 amide bonds. The van der Waals surface area contributed by atoms with Gasteiger partial charge in [-0.2, -0.15) is 0 Å². The van der Waals surface area contributed by atoms with Gasteiger partial charge in [-0.15, -0.1) is 0 Å². The summed E-state index contributed by atoms with van der Waals surface area (Å²) in [5.41, 5.74) is 0.303. The molecule has 0 aromatic rings. The van der Waals surface area contributed by atoms with E-state index >= 15 is 0 Å². The number of nitrogens with zero attached hydrogens (tertiary/aromatic N) is 1. The maximum absolute atomic E-state index is 11.3. The Morgan fingerprint density at radius 1 is 1.54 bits per heavy atom. The van der Waals surface area contributed by atoms with Crippen molar-refractivity contribution in [1.29, 1.82) is 0 Å². The molecule has 0 spiro atoms. The van der Waals surface area contributed by atoms with Crippen molar-refractivity contribution in [3.8, 4) is 0 Å². The van der Waals surface area contributed by atoms with Crippen LogP contribution < -0.4 is 0 Å². The van der Waals surface area contributed by atoms with E-state index in [4.69, 9.17) is 4.74 Å². The van der Waals surface area contributed by atoms with E-state index in [1.807, 2.05) is 0 Å². The number of likely N-dealkylation sites (tertiary alicyclic amines) is 1. The van der Waals surface area contributed by atoms with Crippen LogP contribution in [0.2, 0.25) is 0 Å². The third kappa shape index (κ3) is 1.26. The molecule has 2 aliphatic rings. The van der Waals surface area contributed by atoms with Gasteiger partial charge < -0.3 is 4.74 Å². The molecule has 0 bridgehead atoms. The zero-order valence-electron chi connectivity index (χ0n) is 8.38. The zero-order valence-corrected chi connectivity index (χ0v) is 8.38. The number of ether oxygens (including phenoxy) is 1. The predicted molar refractivity (Wildman–Crippen MR) is 49.4 cm³/mol. The minimum Gasteiger partial charge on any atom is -0.468 e. The largest absolute Gasteiger partial charge is 0.468 e. The molecular formula is C10H17NO2. The van der Waals surface area contributed by atoms with Gasteiger partial charge in [-0.25, -0.2) is 0 Å². The number of carbonyl (C=O) groups excluding carboxylic acids is 1. The van der Waals surface area contributed by atoms with Crippen LogP contribution in [-0.2, 0) is 9.53 Å². The fourth-order valence-electron chi connectivity index (χ4n) is 2.39. The van der Waals surface area contributed by atoms with Gasteiger partial charge >= 0.3 is 5.97 Å². The molecule has 13 heavy (non-hydrogen) atoms. The molecule has 0 aromatic heterocycles. The zero-order chi connectivity index (χ0) is 9.47. The first kappa shape index (κ1) is 9.00. The van der Waals surface area contributed by atoms with Crippen LogP contribution in [0.15, 0.2) is 0 Å². The molecule has 0 aromatic carbocycles. The lowest BCUT2D eigenvalue weighted by Gasteiger charge is -2.55. The van der Waals surface area contributed by atoms with Gasteiger partial charge in [-0.1, -0.05) is 0 Å². The molecule has 0 N–H and O–H groups in total. The average molecular weight is 183 g/mol. The van der Waals surface area contributed by atoms with Gasteiger partial charge in [0, 0.05) is 12.1 Å². The lowest BCUT2D eigenvalue weighted by atomic mass is 9.74. The summed E-state index contributed by atoms with van der Waals surface area (Å²) in [7, 11) is 1.47. The van der Waals surface area contributed by atoms with E-state index in [1.54, 1.807) is 0 Å². The number of hydrogen-bond donors (Lipinski definition) is 0. The predicted octanol–water partition coefficient (Wildman–Crippen LogP) is 1.18. The lowest BCUT2D eigenvalue weighted by Crippen LogP contribution is -2.65. The number of methoxy groups -OCH3 is 1. The van der Waals surface area contributed by atoms with E-state index in [2.05, 4.69) is 11.8 Å². The van der Waals surface area contributed by atoms with Crippen LogP contribution in [0.25, 0.3) is 0 Å². The highest BCUT2D eigenvalue weighted by Gasteiger charge is 2.48. The minimum atomic E-state index is -0.0561. The Labute approximate surface area is 79.0 Å². The van der Waals surface area contributed by atoms with E-state index < -0.39 is 0 Å². The molecule has 3 nitrogen and oxygen atoms in total. The SMILES string of the molecule is COC(=O)C1CCN1C1(C)CCC1. The van der Waals surface area contributed by atoms with Crippen molar-refractivity contribution < 1.29 is 9.53 Å². The van der Waals surface area contributed by atoms with E-state index in [0.29, 0.717) is 5.54 Å². The molecule has 1 heterocycles. The van der Waals surface area contributed by atoms with Crippen LogP contribution in [0.3, 0.4) is 0 Å². The first-order valence-corrected chi connectivity index (χ1v) is 5.02. The van der Waals surface area contributed by atoms with Gasteiger partial charge in [0.15, 0.2) is 0 Å². The quantitative estimate of drug-likeness (QED) is 0.602. The van der Waals surface area contributed by atoms with Gasteiger partial charge in [0.05, 0.1) is 7.11 Å². The summed E-state index contributed by atoms with van der Waals surface area (Å²) in [6, 6.07) is 0.0512. The molecule has 2 fully saturated rings. The first-order valence-electron chi connectivity index (χ1n) is 5.02. The standard InChI is InChI=1S/C10H17NO2/c1-10(5-3-6-10)11-7-4-8(11)9(12)13-2/h8H,3-7H2,1-2H3. The highest BCUT2D eigenvalue weighted by atomic mass is 16.5. The Kier molecular flexibility index (Phi) is 2.06. The van der Waals surface area contributed by atoms with Crippen molar-refractivity contribution in [3.63, 3.8) is 0 Å². The van der Waals surface area contributed by atoms with Crippen LogP contribution >= 0.6 is 0 Å². The van der Waals surface area contributed by atoms with E-state index in [-0.39, 0.29) is 12.0 Å². The van der Waals surface area contributed by atoms with Gasteiger partial charge in [0.25, 0.3) is 0 Å². The van der Waals surface area contributed by atoms with Gasteiger partial charge in [0.1, 0.15) is 6.04 Å². The van der Waals surface area contributed by atoms with Crippen LogP contribution in [-0.4, -0.2) is 36.1 Å². The van der Waals surface area contributed by atoms with Crippen LogP contribution in [0, 0.1) is 0 Å². The Hall–Kier alpha value is -0.570. The Balaban J connectivity index is 1.97. The fraction of sp³-hybridized carbons (Fsp3) is 0.900. The third-order valence-corrected chi connectivity index (χ3v) is 3.62. The smallest absolute Gasteiger partial charge is 0.323 e. The summed E-state index contributed by atoms with van der Waals surface area (Å²) < 4.78 is 4.77. The molecular weight excluding hydrogens is 166 g/mol. The summed E-state index contributed by atoms with van der Waals surface area (Å²) in [4.78, 5) is 13.6. The Bertz CT molecular complexity index is 223. The maximum Gasteiger partial charge on any atom is 0.323 e. The molecule has 1 saturated heterocycles. The highest BCUT2D eigenvalue weighted by molar-refractivity contribution is 5.76. The van der Waals surface area contributed by atoms with E-state index in [9.17, 15) is 4.79 Å². The molecule has 3 heteroatoms. The topological polar surface area (TPSA) is 29.5 Å². The molecule has 0 radical (unpaired) electrons. The Morgan fingerprint density at radius 3 is 2.54 bits per heavy atom. The lowest BCUT2D eigenvalue weighted by molar-refractivity contribution is -0.161. The van der Waals surface area contributed by atoms with Gasteiger partial charge in [-0.05, 0) is 32.6 Å². The second-order valence-corrected chi connectivity index (χ2v) is 4.37. The number of rotatable bonds is 2. The van der Waals surface area contributed by atoms with Crippen molar-refractivity contribution >= 4 is 5.97 Å². The summed E-state index contributed by atoms with van der Waals surface area (Å²) in [5.74, 6) is -0.0561. The normalized spacial score (nSPS) is 31.7. The number of carbonyl (C=O) groups is 1. The maximum atomic E-state index is 11.3. The van der Waals surface area contributed by atoms with Crippen molar-refractivity contribution in [2.45, 2.75) is 44.2 Å². The summed E-state index contributed by atoms with van der Waals surface area (Å²) in [5, 5.41) is 0. The first-order chi connectivity index (χ1) is 6.17. The van der Waals surface area contributed by atoms with Crippen molar-refractivity contribution in [1.82, 2.24) is 4.90 Å². The number of hydrogen-bond acceptors (Lipinski definition) is 3. The fourth-order valence-corrected chi connectivity index (χ4v) is 2.39. The summed E-state index contributed by atoms with van der Waals surface area (Å²) in [6.07, 6.45) is 4.75. The van der Waals surface area contributed by atoms with Crippen molar-refractivity contribution in [3.05, 3.63) is 0 Å². The second-order valence-electron chi connectivity index (χ2n) is 4.37. The second kappa shape index (κ2) is 2.98. The van der Waals surface area contributed by atoms with E-state index in [1.165, 1.54) is 26.4 Å². The van der Waals surface area contributed by atoms with Gasteiger partial charge in [0.2, 0.25) is 0 Å². The van der Waals surface area contributed by atoms with E-state index in [0.717, 1.165) is 13.0 Å². The molecule has 1 saturated carbocycles. The monoisotopic (exact) mass is 183 g/mol. The third-order valence-electron chi connectivity index (χ3n) is 3.62. The molecule has 74 valence electrons. The molecule has 1 aliphatic carbocycles. The van der Waals surface area contributed by atoms with Crippen LogP contribution in [0.4, 0.5) is 0 Å². The van der Waals surface area contributed by atoms with Crippen LogP contribution in [0.1, 0.15) is 32.6 Å². The highest BCUT2D eigenvalue weighted by Crippen LogP contribution is 2.42. The molecule has 2 rings (SSSR count). The number of esters is 1. The summed E-state index contributed by atoms with van der Waals surface area (Å²) in [6.45, 7) is 3.32. The molecule has 1 atom stereocenters. The van der Waals surface area contributed by atoms with Crippen molar-refractivity contribution in [2.75, 3.05) is 13.7 Å². The Morgan fingerprint density at radius 2 is 2.23 bits per heavy atom. The van der Waals surface area contributed by atoms with Crippen molar-refractivity contribution in [2.24, 2.45) is 0 Å².